The third-order valence-corrected chi connectivity index (χ3v) is 2.61. The Morgan fingerprint density at radius 2 is 1.90 bits per heavy atom. The van der Waals surface area contributed by atoms with Crippen molar-refractivity contribution in [3.8, 4) is 11.5 Å². The van der Waals surface area contributed by atoms with Gasteiger partial charge in [0.05, 0.1) is 20.8 Å². The predicted molar refractivity (Wildman–Crippen MR) is 74.8 cm³/mol. The Bertz CT molecular complexity index is 531. The van der Waals surface area contributed by atoms with Crippen molar-refractivity contribution >= 4 is 17.8 Å². The minimum absolute atomic E-state index is 0.0293. The van der Waals surface area contributed by atoms with Gasteiger partial charge in [-0.2, -0.15) is 0 Å². The largest absolute Gasteiger partial charge is 0.497 e. The first kappa shape index (κ1) is 15.8. The van der Waals surface area contributed by atoms with Crippen molar-refractivity contribution in [3.63, 3.8) is 0 Å². The van der Waals surface area contributed by atoms with Gasteiger partial charge in [-0.3, -0.25) is 4.79 Å². The Morgan fingerprint density at radius 3 is 2.40 bits per heavy atom. The zero-order valence-corrected chi connectivity index (χ0v) is 12.1. The summed E-state index contributed by atoms with van der Waals surface area (Å²) in [6.45, 7) is 3.20. The number of methoxy groups -OCH3 is 2. The Balaban J connectivity index is 3.28. The van der Waals surface area contributed by atoms with E-state index in [2.05, 4.69) is 0 Å². The minimum atomic E-state index is -0.648. The molecule has 0 amide bonds. The van der Waals surface area contributed by atoms with Gasteiger partial charge >= 0.3 is 5.97 Å². The second-order valence-electron chi connectivity index (χ2n) is 3.94. The highest BCUT2D eigenvalue weighted by Gasteiger charge is 2.17. The predicted octanol–water partition coefficient (Wildman–Crippen LogP) is 2.24. The molecule has 0 saturated heterocycles. The van der Waals surface area contributed by atoms with Crippen LogP contribution in [0.3, 0.4) is 0 Å². The van der Waals surface area contributed by atoms with Gasteiger partial charge in [0.1, 0.15) is 17.1 Å². The van der Waals surface area contributed by atoms with Crippen molar-refractivity contribution < 1.29 is 23.8 Å². The van der Waals surface area contributed by atoms with Crippen molar-refractivity contribution in [2.75, 3.05) is 20.8 Å². The molecule has 0 bridgehead atoms. The van der Waals surface area contributed by atoms with Crippen LogP contribution < -0.4 is 9.47 Å². The summed E-state index contributed by atoms with van der Waals surface area (Å²) in [5.41, 5.74) is 0.545. The number of carbonyl (C=O) groups excluding carboxylic acids is 2. The smallest absolute Gasteiger partial charge is 0.341 e. The van der Waals surface area contributed by atoms with Crippen LogP contribution in [0.5, 0.6) is 11.5 Å². The summed E-state index contributed by atoms with van der Waals surface area (Å²) in [7, 11) is 3.05. The molecule has 0 radical (unpaired) electrons. The summed E-state index contributed by atoms with van der Waals surface area (Å²) in [6.07, 6.45) is 1.45. The average molecular weight is 278 g/mol. The van der Waals surface area contributed by atoms with E-state index >= 15 is 0 Å². The van der Waals surface area contributed by atoms with E-state index in [1.54, 1.807) is 25.1 Å². The number of hydrogen-bond acceptors (Lipinski definition) is 5. The first-order valence-corrected chi connectivity index (χ1v) is 6.15. The molecule has 0 aliphatic rings. The van der Waals surface area contributed by atoms with E-state index in [0.29, 0.717) is 17.1 Å². The van der Waals surface area contributed by atoms with E-state index in [-0.39, 0.29) is 18.0 Å². The molecule has 5 heteroatoms. The fourth-order valence-corrected chi connectivity index (χ4v) is 1.62. The lowest BCUT2D eigenvalue weighted by Crippen LogP contribution is -2.13. The third kappa shape index (κ3) is 3.85. The first-order chi connectivity index (χ1) is 9.53. The number of rotatable bonds is 6. The number of esters is 1. The van der Waals surface area contributed by atoms with E-state index in [0.717, 1.165) is 0 Å². The molecule has 0 aromatic heterocycles. The van der Waals surface area contributed by atoms with Crippen LogP contribution in [0.15, 0.2) is 23.8 Å². The zero-order valence-electron chi connectivity index (χ0n) is 12.1. The van der Waals surface area contributed by atoms with Gasteiger partial charge < -0.3 is 14.2 Å². The maximum atomic E-state index is 11.8. The third-order valence-electron chi connectivity index (χ3n) is 2.61. The molecule has 20 heavy (non-hydrogen) atoms. The lowest BCUT2D eigenvalue weighted by Gasteiger charge is -2.09. The van der Waals surface area contributed by atoms with Crippen LogP contribution in [-0.4, -0.2) is 32.6 Å². The van der Waals surface area contributed by atoms with Crippen LogP contribution in [0.25, 0.3) is 6.08 Å². The Labute approximate surface area is 118 Å². The Kier molecular flexibility index (Phi) is 5.77. The standard InChI is InChI=1S/C15H18O5/c1-5-20-15(17)13(10(2)16)9-11-8-12(18-3)6-7-14(11)19-4/h6-9H,5H2,1-4H3/b13-9+. The van der Waals surface area contributed by atoms with E-state index in [4.69, 9.17) is 14.2 Å². The molecular weight excluding hydrogens is 260 g/mol. The number of ketones is 1. The van der Waals surface area contributed by atoms with Gasteiger partial charge in [0.15, 0.2) is 5.78 Å². The van der Waals surface area contributed by atoms with Crippen molar-refractivity contribution in [2.45, 2.75) is 13.8 Å². The number of carbonyl (C=O) groups is 2. The van der Waals surface area contributed by atoms with Gasteiger partial charge in [-0.25, -0.2) is 4.79 Å². The topological polar surface area (TPSA) is 61.8 Å². The van der Waals surface area contributed by atoms with Crippen LogP contribution in [0, 0.1) is 0 Å². The Hall–Kier alpha value is -2.30. The molecule has 0 unspecified atom stereocenters. The maximum Gasteiger partial charge on any atom is 0.341 e. The molecule has 0 spiro atoms. The van der Waals surface area contributed by atoms with Crippen molar-refractivity contribution in [2.24, 2.45) is 0 Å². The summed E-state index contributed by atoms with van der Waals surface area (Å²) in [5.74, 6) is 0.121. The molecule has 0 N–H and O–H groups in total. The maximum absolute atomic E-state index is 11.8. The summed E-state index contributed by atoms with van der Waals surface area (Å²) >= 11 is 0. The molecule has 1 aromatic rings. The molecule has 0 aliphatic heterocycles. The van der Waals surface area contributed by atoms with Crippen molar-refractivity contribution in [1.82, 2.24) is 0 Å². The molecule has 0 fully saturated rings. The van der Waals surface area contributed by atoms with E-state index < -0.39 is 5.97 Å². The summed E-state index contributed by atoms with van der Waals surface area (Å²) in [5, 5.41) is 0. The quantitative estimate of drug-likeness (QED) is 0.345. The highest BCUT2D eigenvalue weighted by molar-refractivity contribution is 6.19. The average Bonchev–Trinajstić information content (AvgIpc) is 2.44. The van der Waals surface area contributed by atoms with Crippen LogP contribution >= 0.6 is 0 Å². The molecule has 1 rings (SSSR count). The van der Waals surface area contributed by atoms with Gasteiger partial charge in [-0.1, -0.05) is 0 Å². The lowest BCUT2D eigenvalue weighted by atomic mass is 10.1. The van der Waals surface area contributed by atoms with Gasteiger partial charge in [0, 0.05) is 5.56 Å². The number of Topliss-reactive ketones (excluding diaryl/α,β-unsaturated/α-hetero) is 1. The molecule has 108 valence electrons. The number of ether oxygens (including phenoxy) is 3. The normalized spacial score (nSPS) is 10.9. The zero-order chi connectivity index (χ0) is 15.1. The molecule has 0 heterocycles. The molecule has 1 aromatic carbocycles. The summed E-state index contributed by atoms with van der Waals surface area (Å²) < 4.78 is 15.2. The second-order valence-corrected chi connectivity index (χ2v) is 3.94. The molecule has 0 aliphatic carbocycles. The first-order valence-electron chi connectivity index (χ1n) is 6.15. The van der Waals surface area contributed by atoms with Crippen LogP contribution in [0.1, 0.15) is 19.4 Å². The SMILES string of the molecule is CCOC(=O)/C(=C/c1cc(OC)ccc1OC)C(C)=O. The fourth-order valence-electron chi connectivity index (χ4n) is 1.62. The molecule has 5 nitrogen and oxygen atoms in total. The fraction of sp³-hybridized carbons (Fsp3) is 0.333. The van der Waals surface area contributed by atoms with Crippen molar-refractivity contribution in [3.05, 3.63) is 29.3 Å². The van der Waals surface area contributed by atoms with Gasteiger partial charge in [-0.15, -0.1) is 0 Å². The van der Waals surface area contributed by atoms with Crippen LogP contribution in [0.4, 0.5) is 0 Å². The molecule has 0 atom stereocenters. The van der Waals surface area contributed by atoms with Gasteiger partial charge in [-0.05, 0) is 38.1 Å². The van der Waals surface area contributed by atoms with E-state index in [1.165, 1.54) is 27.2 Å². The second kappa shape index (κ2) is 7.33. The monoisotopic (exact) mass is 278 g/mol. The van der Waals surface area contributed by atoms with E-state index in [1.807, 2.05) is 0 Å². The highest BCUT2D eigenvalue weighted by Crippen LogP contribution is 2.26. The number of hydrogen-bond donors (Lipinski definition) is 0. The van der Waals surface area contributed by atoms with Crippen LogP contribution in [0.2, 0.25) is 0 Å². The van der Waals surface area contributed by atoms with Crippen molar-refractivity contribution in [1.29, 1.82) is 0 Å². The van der Waals surface area contributed by atoms with Gasteiger partial charge in [0.25, 0.3) is 0 Å². The summed E-state index contributed by atoms with van der Waals surface area (Å²) in [4.78, 5) is 23.3. The number of benzene rings is 1. The lowest BCUT2D eigenvalue weighted by molar-refractivity contribution is -0.139. The highest BCUT2D eigenvalue weighted by atomic mass is 16.5. The minimum Gasteiger partial charge on any atom is -0.497 e. The van der Waals surface area contributed by atoms with Gasteiger partial charge in [0.2, 0.25) is 0 Å². The van der Waals surface area contributed by atoms with E-state index in [9.17, 15) is 9.59 Å². The summed E-state index contributed by atoms with van der Waals surface area (Å²) in [6, 6.07) is 5.11. The molecular formula is C15H18O5. The van der Waals surface area contributed by atoms with Crippen LogP contribution in [-0.2, 0) is 14.3 Å². The molecule has 0 saturated carbocycles. The Morgan fingerprint density at radius 1 is 1.20 bits per heavy atom.